The number of hydrogen-bond donors (Lipinski definition) is 1. The number of piperidine rings is 3. The van der Waals surface area contributed by atoms with Gasteiger partial charge in [-0.1, -0.05) is 6.07 Å². The maximum absolute atomic E-state index is 13.7. The van der Waals surface area contributed by atoms with Gasteiger partial charge in [0.15, 0.2) is 0 Å². The predicted octanol–water partition coefficient (Wildman–Crippen LogP) is 4.63. The molecule has 5 rings (SSSR count). The smallest absolute Gasteiger partial charge is 0.416 e. The minimum Gasteiger partial charge on any atom is -0.481 e. The molecule has 0 saturated carbocycles. The quantitative estimate of drug-likeness (QED) is 0.487. The van der Waals surface area contributed by atoms with E-state index in [2.05, 4.69) is 14.7 Å². The first-order valence-corrected chi connectivity index (χ1v) is 14.1. The van der Waals surface area contributed by atoms with E-state index in [0.717, 1.165) is 57.8 Å². The Bertz CT molecular complexity index is 1010. The Balaban J connectivity index is 0.00000220. The number of likely N-dealkylation sites (tertiary alicyclic amines) is 1. The number of anilines is 1. The zero-order valence-electron chi connectivity index (χ0n) is 22.7. The molecule has 1 N–H and O–H groups in total. The number of carboxylic acid groups (broad SMARTS) is 1. The summed E-state index contributed by atoms with van der Waals surface area (Å²) in [5.74, 6) is 0.196. The summed E-state index contributed by atoms with van der Waals surface area (Å²) in [5.41, 5.74) is -0.0838. The molecule has 4 unspecified atom stereocenters. The van der Waals surface area contributed by atoms with Gasteiger partial charge >= 0.3 is 12.1 Å². The van der Waals surface area contributed by atoms with Crippen molar-refractivity contribution >= 4 is 42.4 Å². The van der Waals surface area contributed by atoms with Crippen molar-refractivity contribution in [1.82, 2.24) is 14.7 Å². The van der Waals surface area contributed by atoms with Crippen LogP contribution in [0.1, 0.15) is 50.5 Å². The third-order valence-corrected chi connectivity index (χ3v) is 9.15. The zero-order valence-corrected chi connectivity index (χ0v) is 24.4. The third kappa shape index (κ3) is 7.36. The maximum atomic E-state index is 13.7. The lowest BCUT2D eigenvalue weighted by Gasteiger charge is -2.57. The maximum Gasteiger partial charge on any atom is 0.416 e. The molecule has 4 atom stereocenters. The van der Waals surface area contributed by atoms with Crippen LogP contribution < -0.4 is 4.90 Å². The van der Waals surface area contributed by atoms with Crippen LogP contribution in [0.25, 0.3) is 0 Å². The molecular weight excluding hydrogens is 568 g/mol. The van der Waals surface area contributed by atoms with Crippen molar-refractivity contribution in [3.63, 3.8) is 0 Å². The van der Waals surface area contributed by atoms with Gasteiger partial charge in [0, 0.05) is 56.9 Å². The van der Waals surface area contributed by atoms with Crippen LogP contribution in [-0.4, -0.2) is 96.1 Å². The van der Waals surface area contributed by atoms with Gasteiger partial charge in [0.25, 0.3) is 0 Å². The van der Waals surface area contributed by atoms with Crippen LogP contribution in [0.3, 0.4) is 0 Å². The molecule has 4 heterocycles. The van der Waals surface area contributed by atoms with Gasteiger partial charge < -0.3 is 14.9 Å². The third-order valence-electron chi connectivity index (χ3n) is 9.15. The Kier molecular flexibility index (Phi) is 11.4. The number of rotatable bonds is 7. The average Bonchev–Trinajstić information content (AvgIpc) is 2.90. The number of piperazine rings is 1. The van der Waals surface area contributed by atoms with Gasteiger partial charge in [0.05, 0.1) is 12.1 Å². The molecule has 12 heteroatoms. The number of nitrogens with zero attached hydrogens (tertiary/aromatic N) is 4. The lowest BCUT2D eigenvalue weighted by molar-refractivity contribution is -0.147. The minimum absolute atomic E-state index is 0. The summed E-state index contributed by atoms with van der Waals surface area (Å²) in [6.07, 6.45) is 1.58. The lowest BCUT2D eigenvalue weighted by atomic mass is 9.69. The zero-order chi connectivity index (χ0) is 26.9. The molecule has 0 aromatic heterocycles. The number of halogens is 5. The first-order chi connectivity index (χ1) is 18.2. The summed E-state index contributed by atoms with van der Waals surface area (Å²) >= 11 is 0. The Labute approximate surface area is 246 Å². The van der Waals surface area contributed by atoms with Gasteiger partial charge in [-0.25, -0.2) is 0 Å². The fourth-order valence-electron chi connectivity index (χ4n) is 7.44. The van der Waals surface area contributed by atoms with Crippen LogP contribution in [0.4, 0.5) is 18.9 Å². The molecule has 4 aliphatic rings. The summed E-state index contributed by atoms with van der Waals surface area (Å²) in [4.78, 5) is 33.7. The van der Waals surface area contributed by atoms with E-state index >= 15 is 0 Å². The highest BCUT2D eigenvalue weighted by Gasteiger charge is 2.49. The van der Waals surface area contributed by atoms with Crippen LogP contribution >= 0.6 is 24.8 Å². The normalized spacial score (nSPS) is 27.3. The predicted molar refractivity (Wildman–Crippen MR) is 152 cm³/mol. The number of carboxylic acids is 1. The molecule has 4 aliphatic heterocycles. The van der Waals surface area contributed by atoms with E-state index in [9.17, 15) is 27.9 Å². The van der Waals surface area contributed by atoms with E-state index in [1.54, 1.807) is 6.07 Å². The Morgan fingerprint density at radius 3 is 2.35 bits per heavy atom. The lowest BCUT2D eigenvalue weighted by Crippen LogP contribution is -2.66. The first kappa shape index (κ1) is 32.8. The molecule has 1 aromatic rings. The number of hydrogen-bond acceptors (Lipinski definition) is 5. The van der Waals surface area contributed by atoms with Gasteiger partial charge in [0.2, 0.25) is 5.91 Å². The van der Waals surface area contributed by atoms with Gasteiger partial charge in [-0.15, -0.1) is 24.8 Å². The number of carbonyl (C=O) groups is 2. The summed E-state index contributed by atoms with van der Waals surface area (Å²) in [7, 11) is 0. The molecule has 0 aliphatic carbocycles. The fourth-order valence-corrected chi connectivity index (χ4v) is 7.44. The molecular formula is C28H41Cl2F3N4O3. The number of amides is 1. The van der Waals surface area contributed by atoms with E-state index in [4.69, 9.17) is 0 Å². The van der Waals surface area contributed by atoms with Crippen LogP contribution in [0, 0.1) is 11.8 Å². The van der Waals surface area contributed by atoms with Crippen molar-refractivity contribution < 1.29 is 27.9 Å². The van der Waals surface area contributed by atoms with Crippen molar-refractivity contribution in [2.24, 2.45) is 11.8 Å². The number of benzene rings is 1. The molecule has 4 saturated heterocycles. The second-order valence-electron chi connectivity index (χ2n) is 11.4. The molecule has 1 amide bonds. The van der Waals surface area contributed by atoms with Crippen molar-refractivity contribution in [1.29, 1.82) is 0 Å². The molecule has 0 radical (unpaired) electrons. The summed E-state index contributed by atoms with van der Waals surface area (Å²) in [6, 6.07) is 6.03. The Morgan fingerprint density at radius 1 is 0.975 bits per heavy atom. The highest BCUT2D eigenvalue weighted by molar-refractivity contribution is 5.85. The van der Waals surface area contributed by atoms with E-state index in [0.29, 0.717) is 62.7 Å². The summed E-state index contributed by atoms with van der Waals surface area (Å²) < 4.78 is 39.4. The van der Waals surface area contributed by atoms with Crippen LogP contribution in [-0.2, 0) is 15.8 Å². The monoisotopic (exact) mass is 608 g/mol. The summed E-state index contributed by atoms with van der Waals surface area (Å²) in [5, 5.41) is 9.20. The number of carbonyl (C=O) groups excluding carboxylic acids is 1. The molecule has 0 bridgehead atoms. The standard InChI is InChI=1S/C28H39F3N4O3.2ClH/c29-28(30,31)21-6-1-7-22(17-21)33-15-13-32(14-16-33)19-25(36)35-18-20-5-3-11-34-12-4-8-23(27(20)34)24(35)9-2-10-26(37)38;;/h1,6-7,17,20,23-24,27H,2-5,8-16,18-19H2,(H,37,38);2*1H. The van der Waals surface area contributed by atoms with Crippen molar-refractivity contribution in [2.75, 3.05) is 57.3 Å². The molecule has 40 heavy (non-hydrogen) atoms. The Morgan fingerprint density at radius 2 is 1.68 bits per heavy atom. The largest absolute Gasteiger partial charge is 0.481 e. The molecule has 4 fully saturated rings. The second-order valence-corrected chi connectivity index (χ2v) is 11.4. The van der Waals surface area contributed by atoms with E-state index < -0.39 is 17.7 Å². The Hall–Kier alpha value is -1.75. The van der Waals surface area contributed by atoms with Crippen molar-refractivity contribution in [3.8, 4) is 0 Å². The van der Waals surface area contributed by atoms with Gasteiger partial charge in [-0.05, 0) is 81.6 Å². The minimum atomic E-state index is -4.37. The van der Waals surface area contributed by atoms with Crippen LogP contribution in [0.2, 0.25) is 0 Å². The molecule has 7 nitrogen and oxygen atoms in total. The van der Waals surface area contributed by atoms with E-state index in [1.807, 2.05) is 4.90 Å². The highest BCUT2D eigenvalue weighted by Crippen LogP contribution is 2.43. The van der Waals surface area contributed by atoms with Crippen molar-refractivity contribution in [2.45, 2.75) is 63.2 Å². The first-order valence-electron chi connectivity index (χ1n) is 14.1. The van der Waals surface area contributed by atoms with E-state index in [-0.39, 0.29) is 43.2 Å². The SMILES string of the molecule is Cl.Cl.O=C(O)CCCC1C2CCCN3CCCC(CN1C(=O)CN1CCN(c4cccc(C(F)(F)F)c4)CC1)C23. The highest BCUT2D eigenvalue weighted by atomic mass is 35.5. The van der Waals surface area contributed by atoms with Gasteiger partial charge in [-0.2, -0.15) is 13.2 Å². The topological polar surface area (TPSA) is 67.3 Å². The average molecular weight is 610 g/mol. The van der Waals surface area contributed by atoms with Crippen LogP contribution in [0.5, 0.6) is 0 Å². The number of alkyl halides is 3. The second kappa shape index (κ2) is 13.9. The molecule has 1 aromatic carbocycles. The van der Waals surface area contributed by atoms with Gasteiger partial charge in [0.1, 0.15) is 0 Å². The van der Waals surface area contributed by atoms with Crippen molar-refractivity contribution in [3.05, 3.63) is 29.8 Å². The van der Waals surface area contributed by atoms with Crippen LogP contribution in [0.15, 0.2) is 24.3 Å². The molecule has 226 valence electrons. The van der Waals surface area contributed by atoms with Gasteiger partial charge in [-0.3, -0.25) is 19.4 Å². The number of aliphatic carboxylic acids is 1. The molecule has 0 spiro atoms. The van der Waals surface area contributed by atoms with E-state index in [1.165, 1.54) is 12.1 Å². The summed E-state index contributed by atoms with van der Waals surface area (Å²) in [6.45, 7) is 5.68. The fraction of sp³-hybridized carbons (Fsp3) is 0.714.